The lowest BCUT2D eigenvalue weighted by atomic mass is 10.1. The van der Waals surface area contributed by atoms with Crippen LogP contribution >= 0.6 is 0 Å². The molecule has 1 aromatic rings. The van der Waals surface area contributed by atoms with Crippen LogP contribution in [0.15, 0.2) is 23.4 Å². The topological polar surface area (TPSA) is 89.1 Å². The standard InChI is InChI=1S/C13H19N3O3/c1-2-10(6-12(14)16-17)15-7-9-4-3-5-11-13(9)19-8-18-11/h3-5,10,15,17H,2,6-8H2,1H3,(H2,14,16). The van der Waals surface area contributed by atoms with Crippen LogP contribution in [0.4, 0.5) is 0 Å². The number of fused-ring (bicyclic) bond motifs is 1. The number of benzene rings is 1. The molecular formula is C13H19N3O3. The number of amidine groups is 1. The summed E-state index contributed by atoms with van der Waals surface area (Å²) in [5.74, 6) is 1.81. The summed E-state index contributed by atoms with van der Waals surface area (Å²) in [6.07, 6.45) is 1.40. The van der Waals surface area contributed by atoms with Gasteiger partial charge in [-0.3, -0.25) is 0 Å². The van der Waals surface area contributed by atoms with Crippen molar-refractivity contribution in [3.05, 3.63) is 23.8 Å². The van der Waals surface area contributed by atoms with Gasteiger partial charge in [-0.25, -0.2) is 0 Å². The Morgan fingerprint density at radius 2 is 2.37 bits per heavy atom. The third-order valence-corrected chi connectivity index (χ3v) is 3.14. The van der Waals surface area contributed by atoms with E-state index in [0.29, 0.717) is 13.0 Å². The number of oxime groups is 1. The number of nitrogens with one attached hydrogen (secondary N) is 1. The lowest BCUT2D eigenvalue weighted by Crippen LogP contribution is -2.32. The monoisotopic (exact) mass is 265 g/mol. The fraction of sp³-hybridized carbons (Fsp3) is 0.462. The molecular weight excluding hydrogens is 246 g/mol. The molecule has 2 rings (SSSR count). The zero-order valence-corrected chi connectivity index (χ0v) is 10.9. The van der Waals surface area contributed by atoms with Crippen molar-refractivity contribution in [3.63, 3.8) is 0 Å². The highest BCUT2D eigenvalue weighted by atomic mass is 16.7. The maximum absolute atomic E-state index is 8.59. The van der Waals surface area contributed by atoms with Crippen molar-refractivity contribution in [2.75, 3.05) is 6.79 Å². The molecule has 4 N–H and O–H groups in total. The minimum atomic E-state index is 0.161. The Kier molecular flexibility index (Phi) is 4.46. The molecule has 0 radical (unpaired) electrons. The zero-order chi connectivity index (χ0) is 13.7. The van der Waals surface area contributed by atoms with Crippen LogP contribution in [-0.2, 0) is 6.54 Å². The van der Waals surface area contributed by atoms with Crippen molar-refractivity contribution in [2.24, 2.45) is 10.9 Å². The molecule has 6 nitrogen and oxygen atoms in total. The van der Waals surface area contributed by atoms with Gasteiger partial charge in [-0.2, -0.15) is 0 Å². The Labute approximate surface area is 112 Å². The highest BCUT2D eigenvalue weighted by molar-refractivity contribution is 5.80. The molecule has 104 valence electrons. The van der Waals surface area contributed by atoms with Crippen LogP contribution in [0, 0.1) is 0 Å². The lowest BCUT2D eigenvalue weighted by Gasteiger charge is -2.16. The lowest BCUT2D eigenvalue weighted by molar-refractivity contribution is 0.173. The molecule has 1 unspecified atom stereocenters. The van der Waals surface area contributed by atoms with Crippen LogP contribution in [0.25, 0.3) is 0 Å². The molecule has 6 heteroatoms. The van der Waals surface area contributed by atoms with Gasteiger partial charge in [0.2, 0.25) is 6.79 Å². The van der Waals surface area contributed by atoms with E-state index in [2.05, 4.69) is 17.4 Å². The fourth-order valence-electron chi connectivity index (χ4n) is 2.04. The normalized spacial score (nSPS) is 15.5. The van der Waals surface area contributed by atoms with Gasteiger partial charge < -0.3 is 25.7 Å². The second-order valence-electron chi connectivity index (χ2n) is 4.43. The number of ether oxygens (including phenoxy) is 2. The molecule has 0 saturated heterocycles. The van der Waals surface area contributed by atoms with E-state index < -0.39 is 0 Å². The number of hydrogen-bond acceptors (Lipinski definition) is 5. The van der Waals surface area contributed by atoms with E-state index in [-0.39, 0.29) is 18.7 Å². The predicted molar refractivity (Wildman–Crippen MR) is 71.5 cm³/mol. The van der Waals surface area contributed by atoms with Crippen molar-refractivity contribution >= 4 is 5.84 Å². The number of para-hydroxylation sites is 1. The molecule has 0 bridgehead atoms. The Morgan fingerprint density at radius 3 is 3.11 bits per heavy atom. The van der Waals surface area contributed by atoms with E-state index in [1.165, 1.54) is 0 Å². The third-order valence-electron chi connectivity index (χ3n) is 3.14. The predicted octanol–water partition coefficient (Wildman–Crippen LogP) is 1.42. The number of nitrogens with zero attached hydrogens (tertiary/aromatic N) is 1. The van der Waals surface area contributed by atoms with Gasteiger partial charge in [0.15, 0.2) is 11.5 Å². The number of nitrogens with two attached hydrogens (primary N) is 1. The minimum Gasteiger partial charge on any atom is -0.454 e. The van der Waals surface area contributed by atoms with Gasteiger partial charge in [0.05, 0.1) is 0 Å². The average Bonchev–Trinajstić information content (AvgIpc) is 2.91. The average molecular weight is 265 g/mol. The molecule has 1 atom stereocenters. The summed E-state index contributed by atoms with van der Waals surface area (Å²) in [5.41, 5.74) is 6.57. The number of rotatable bonds is 6. The quantitative estimate of drug-likeness (QED) is 0.313. The van der Waals surface area contributed by atoms with Gasteiger partial charge in [-0.05, 0) is 12.5 Å². The summed E-state index contributed by atoms with van der Waals surface area (Å²) in [4.78, 5) is 0. The highest BCUT2D eigenvalue weighted by Crippen LogP contribution is 2.35. The summed E-state index contributed by atoms with van der Waals surface area (Å²) >= 11 is 0. The molecule has 0 amide bonds. The van der Waals surface area contributed by atoms with Crippen molar-refractivity contribution < 1.29 is 14.7 Å². The smallest absolute Gasteiger partial charge is 0.231 e. The molecule has 0 fully saturated rings. The first-order chi connectivity index (χ1) is 9.24. The second kappa shape index (κ2) is 6.29. The summed E-state index contributed by atoms with van der Waals surface area (Å²) in [5, 5.41) is 15.0. The first kappa shape index (κ1) is 13.5. The van der Waals surface area contributed by atoms with Crippen LogP contribution in [0.1, 0.15) is 25.3 Å². The van der Waals surface area contributed by atoms with Crippen molar-refractivity contribution in [1.82, 2.24) is 5.32 Å². The van der Waals surface area contributed by atoms with Crippen LogP contribution < -0.4 is 20.5 Å². The van der Waals surface area contributed by atoms with E-state index in [0.717, 1.165) is 23.5 Å². The molecule has 0 saturated carbocycles. The van der Waals surface area contributed by atoms with Crippen LogP contribution in [0.3, 0.4) is 0 Å². The maximum atomic E-state index is 8.59. The number of hydrogen-bond donors (Lipinski definition) is 3. The third kappa shape index (κ3) is 3.29. The van der Waals surface area contributed by atoms with E-state index in [1.54, 1.807) is 0 Å². The molecule has 19 heavy (non-hydrogen) atoms. The summed E-state index contributed by atoms with van der Waals surface area (Å²) in [7, 11) is 0. The molecule has 1 aliphatic heterocycles. The molecule has 0 aliphatic carbocycles. The second-order valence-corrected chi connectivity index (χ2v) is 4.43. The van der Waals surface area contributed by atoms with Gasteiger partial charge >= 0.3 is 0 Å². The molecule has 0 spiro atoms. The van der Waals surface area contributed by atoms with Crippen LogP contribution in [0.2, 0.25) is 0 Å². The Balaban J connectivity index is 1.96. The summed E-state index contributed by atoms with van der Waals surface area (Å²) in [6.45, 7) is 2.98. The van der Waals surface area contributed by atoms with Crippen molar-refractivity contribution in [2.45, 2.75) is 32.4 Å². The first-order valence-corrected chi connectivity index (χ1v) is 6.31. The SMILES string of the molecule is CCC(CC(N)=NO)NCc1cccc2c1OCO2. The summed E-state index contributed by atoms with van der Waals surface area (Å²) < 4.78 is 10.8. The first-order valence-electron chi connectivity index (χ1n) is 6.31. The van der Waals surface area contributed by atoms with Crippen LogP contribution in [-0.4, -0.2) is 23.9 Å². The summed E-state index contributed by atoms with van der Waals surface area (Å²) in [6, 6.07) is 5.99. The minimum absolute atomic E-state index is 0.161. The van der Waals surface area contributed by atoms with Gasteiger partial charge in [0.1, 0.15) is 5.84 Å². The Morgan fingerprint density at radius 1 is 1.53 bits per heavy atom. The van der Waals surface area contributed by atoms with Crippen molar-refractivity contribution in [3.8, 4) is 11.5 Å². The molecule has 1 heterocycles. The van der Waals surface area contributed by atoms with E-state index in [9.17, 15) is 0 Å². The van der Waals surface area contributed by atoms with E-state index >= 15 is 0 Å². The Bertz CT molecular complexity index is 462. The molecule has 1 aliphatic rings. The zero-order valence-electron chi connectivity index (χ0n) is 10.9. The van der Waals surface area contributed by atoms with E-state index in [4.69, 9.17) is 20.4 Å². The highest BCUT2D eigenvalue weighted by Gasteiger charge is 2.17. The van der Waals surface area contributed by atoms with Gasteiger partial charge in [0, 0.05) is 24.6 Å². The van der Waals surface area contributed by atoms with Gasteiger partial charge in [0.25, 0.3) is 0 Å². The van der Waals surface area contributed by atoms with Gasteiger partial charge in [-0.15, -0.1) is 0 Å². The van der Waals surface area contributed by atoms with Crippen molar-refractivity contribution in [1.29, 1.82) is 0 Å². The Hall–Kier alpha value is -1.95. The maximum Gasteiger partial charge on any atom is 0.231 e. The molecule has 0 aromatic heterocycles. The fourth-order valence-corrected chi connectivity index (χ4v) is 2.04. The molecule has 1 aromatic carbocycles. The largest absolute Gasteiger partial charge is 0.454 e. The van der Waals surface area contributed by atoms with Crippen LogP contribution in [0.5, 0.6) is 11.5 Å². The van der Waals surface area contributed by atoms with Gasteiger partial charge in [-0.1, -0.05) is 24.2 Å². The van der Waals surface area contributed by atoms with E-state index in [1.807, 2.05) is 18.2 Å².